The van der Waals surface area contributed by atoms with Crippen LogP contribution in [0.4, 0.5) is 0 Å². The molecule has 6 nitrogen and oxygen atoms in total. The fourth-order valence-electron chi connectivity index (χ4n) is 3.76. The van der Waals surface area contributed by atoms with E-state index in [1.54, 1.807) is 25.1 Å². The van der Waals surface area contributed by atoms with E-state index in [1.165, 1.54) is 4.57 Å². The van der Waals surface area contributed by atoms with Crippen LogP contribution in [0.2, 0.25) is 10.0 Å². The SMILES string of the molecule is CCOC(=O)Cn1c(S(=O)(=O)Cc2c(Cl)cccc2Cl)nc(-c2ccccc2)c1-c1ccccc1. The molecule has 0 aliphatic heterocycles. The van der Waals surface area contributed by atoms with Crippen LogP contribution in [0, 0.1) is 0 Å². The Balaban J connectivity index is 1.97. The zero-order chi connectivity index (χ0) is 25.0. The highest BCUT2D eigenvalue weighted by atomic mass is 35.5. The average molecular weight is 529 g/mol. The van der Waals surface area contributed by atoms with Crippen LogP contribution in [0.25, 0.3) is 22.5 Å². The summed E-state index contributed by atoms with van der Waals surface area (Å²) in [6, 6.07) is 23.2. The van der Waals surface area contributed by atoms with Gasteiger partial charge in [0.25, 0.3) is 0 Å². The van der Waals surface area contributed by atoms with Crippen molar-refractivity contribution in [3.8, 4) is 22.5 Å². The number of ether oxygens (including phenoxy) is 1. The summed E-state index contributed by atoms with van der Waals surface area (Å²) in [5.41, 5.74) is 2.62. The van der Waals surface area contributed by atoms with Crippen LogP contribution in [-0.4, -0.2) is 30.5 Å². The fourth-order valence-corrected chi connectivity index (χ4v) is 5.99. The number of carbonyl (C=O) groups is 1. The molecule has 0 radical (unpaired) electrons. The third-order valence-corrected chi connectivity index (χ3v) is 7.54. The zero-order valence-electron chi connectivity index (χ0n) is 18.8. The summed E-state index contributed by atoms with van der Waals surface area (Å²) in [6.45, 7) is 1.52. The summed E-state index contributed by atoms with van der Waals surface area (Å²) in [5.74, 6) is -1.05. The topological polar surface area (TPSA) is 78.3 Å². The fraction of sp³-hybridized carbons (Fsp3) is 0.154. The van der Waals surface area contributed by atoms with Gasteiger partial charge in [-0.15, -0.1) is 0 Å². The second-order valence-electron chi connectivity index (χ2n) is 7.67. The molecule has 0 aliphatic carbocycles. The first-order chi connectivity index (χ1) is 16.8. The summed E-state index contributed by atoms with van der Waals surface area (Å²) in [4.78, 5) is 17.2. The second kappa shape index (κ2) is 10.6. The lowest BCUT2D eigenvalue weighted by Crippen LogP contribution is -2.20. The van der Waals surface area contributed by atoms with E-state index in [0.717, 1.165) is 0 Å². The molecule has 180 valence electrons. The number of imidazole rings is 1. The molecule has 4 aromatic rings. The van der Waals surface area contributed by atoms with E-state index in [4.69, 9.17) is 27.9 Å². The minimum absolute atomic E-state index is 0.164. The smallest absolute Gasteiger partial charge is 0.326 e. The minimum atomic E-state index is -4.09. The number of halogens is 2. The molecule has 35 heavy (non-hydrogen) atoms. The van der Waals surface area contributed by atoms with E-state index in [0.29, 0.717) is 22.5 Å². The molecular formula is C26H22Cl2N2O4S. The first-order valence-corrected chi connectivity index (χ1v) is 13.2. The van der Waals surface area contributed by atoms with E-state index in [9.17, 15) is 13.2 Å². The van der Waals surface area contributed by atoms with Gasteiger partial charge in [0.1, 0.15) is 6.54 Å². The van der Waals surface area contributed by atoms with Crippen LogP contribution in [0.15, 0.2) is 84.0 Å². The molecule has 1 aromatic heterocycles. The van der Waals surface area contributed by atoms with Crippen molar-refractivity contribution >= 4 is 39.0 Å². The van der Waals surface area contributed by atoms with E-state index >= 15 is 0 Å². The monoisotopic (exact) mass is 528 g/mol. The molecule has 0 N–H and O–H groups in total. The van der Waals surface area contributed by atoms with Gasteiger partial charge in [0.2, 0.25) is 15.0 Å². The number of rotatable bonds is 8. The molecule has 0 aliphatic rings. The number of nitrogens with zero attached hydrogens (tertiary/aromatic N) is 2. The largest absolute Gasteiger partial charge is 0.465 e. The Hall–Kier alpha value is -3.13. The number of esters is 1. The maximum atomic E-state index is 13.7. The molecule has 3 aromatic carbocycles. The predicted octanol–water partition coefficient (Wildman–Crippen LogP) is 6.06. The van der Waals surface area contributed by atoms with Crippen molar-refractivity contribution in [3.63, 3.8) is 0 Å². The van der Waals surface area contributed by atoms with Gasteiger partial charge in [0.05, 0.1) is 23.7 Å². The highest BCUT2D eigenvalue weighted by molar-refractivity contribution is 7.90. The number of carbonyl (C=O) groups excluding carboxylic acids is 1. The number of hydrogen-bond donors (Lipinski definition) is 0. The van der Waals surface area contributed by atoms with Gasteiger partial charge in [0.15, 0.2) is 0 Å². The summed E-state index contributed by atoms with van der Waals surface area (Å²) in [6.07, 6.45) is 0. The van der Waals surface area contributed by atoms with Crippen LogP contribution in [0.3, 0.4) is 0 Å². The summed E-state index contributed by atoms with van der Waals surface area (Å²) in [5, 5.41) is 0.200. The van der Waals surface area contributed by atoms with Crippen molar-refractivity contribution in [2.24, 2.45) is 0 Å². The van der Waals surface area contributed by atoms with Gasteiger partial charge in [-0.3, -0.25) is 4.79 Å². The van der Waals surface area contributed by atoms with Gasteiger partial charge in [-0.2, -0.15) is 0 Å². The lowest BCUT2D eigenvalue weighted by molar-refractivity contribution is -0.143. The minimum Gasteiger partial charge on any atom is -0.465 e. The summed E-state index contributed by atoms with van der Waals surface area (Å²) >= 11 is 12.5. The normalized spacial score (nSPS) is 11.4. The van der Waals surface area contributed by atoms with Crippen molar-refractivity contribution in [2.75, 3.05) is 6.61 Å². The highest BCUT2D eigenvalue weighted by Gasteiger charge is 2.31. The molecule has 0 amide bonds. The lowest BCUT2D eigenvalue weighted by Gasteiger charge is -2.13. The Bertz CT molecular complexity index is 1430. The third kappa shape index (κ3) is 5.42. The molecule has 0 fully saturated rings. The zero-order valence-corrected chi connectivity index (χ0v) is 21.1. The van der Waals surface area contributed by atoms with Crippen LogP contribution in [0.5, 0.6) is 0 Å². The van der Waals surface area contributed by atoms with Gasteiger partial charge >= 0.3 is 5.97 Å². The number of benzene rings is 3. The maximum Gasteiger partial charge on any atom is 0.326 e. The van der Waals surface area contributed by atoms with Crippen molar-refractivity contribution in [1.82, 2.24) is 9.55 Å². The van der Waals surface area contributed by atoms with Gasteiger partial charge < -0.3 is 9.30 Å². The Kier molecular flexibility index (Phi) is 7.60. The Morgan fingerprint density at radius 2 is 1.46 bits per heavy atom. The molecular weight excluding hydrogens is 507 g/mol. The second-order valence-corrected chi connectivity index (χ2v) is 10.4. The molecule has 0 saturated carbocycles. The molecule has 0 bridgehead atoms. The molecule has 0 atom stereocenters. The quantitative estimate of drug-likeness (QED) is 0.259. The number of sulfone groups is 1. The predicted molar refractivity (Wildman–Crippen MR) is 137 cm³/mol. The van der Waals surface area contributed by atoms with E-state index < -0.39 is 21.6 Å². The molecule has 4 rings (SSSR count). The molecule has 1 heterocycles. The third-order valence-electron chi connectivity index (χ3n) is 5.29. The van der Waals surface area contributed by atoms with Crippen LogP contribution in [0.1, 0.15) is 12.5 Å². The van der Waals surface area contributed by atoms with Gasteiger partial charge in [-0.25, -0.2) is 13.4 Å². The van der Waals surface area contributed by atoms with Gasteiger partial charge in [-0.05, 0) is 19.1 Å². The van der Waals surface area contributed by atoms with Crippen molar-refractivity contribution in [2.45, 2.75) is 24.4 Å². The van der Waals surface area contributed by atoms with E-state index in [-0.39, 0.29) is 33.9 Å². The van der Waals surface area contributed by atoms with Crippen molar-refractivity contribution in [3.05, 3.63) is 94.5 Å². The van der Waals surface area contributed by atoms with Gasteiger partial charge in [-0.1, -0.05) is 89.9 Å². The standard InChI is InChI=1S/C26H22Cl2N2O4S/c1-2-34-23(31)16-30-25(19-12-7-4-8-13-19)24(18-10-5-3-6-11-18)29-26(30)35(32,33)17-20-21(27)14-9-15-22(20)28/h3-15H,2,16-17H2,1H3. The Morgan fingerprint density at radius 3 is 2.03 bits per heavy atom. The lowest BCUT2D eigenvalue weighted by atomic mass is 10.0. The van der Waals surface area contributed by atoms with E-state index in [1.807, 2.05) is 60.7 Å². The van der Waals surface area contributed by atoms with Crippen LogP contribution < -0.4 is 0 Å². The van der Waals surface area contributed by atoms with Gasteiger partial charge in [0, 0.05) is 26.7 Å². The number of aromatic nitrogens is 2. The van der Waals surface area contributed by atoms with Crippen LogP contribution >= 0.6 is 23.2 Å². The average Bonchev–Trinajstić information content (AvgIpc) is 3.23. The summed E-state index contributed by atoms with van der Waals surface area (Å²) in [7, 11) is -4.09. The maximum absolute atomic E-state index is 13.7. The number of hydrogen-bond acceptors (Lipinski definition) is 5. The molecule has 0 unspecified atom stereocenters. The first-order valence-electron chi connectivity index (χ1n) is 10.8. The van der Waals surface area contributed by atoms with Crippen molar-refractivity contribution in [1.29, 1.82) is 0 Å². The molecule has 9 heteroatoms. The highest BCUT2D eigenvalue weighted by Crippen LogP contribution is 2.36. The van der Waals surface area contributed by atoms with Crippen LogP contribution in [-0.2, 0) is 31.7 Å². The first kappa shape index (κ1) is 25.0. The Labute approximate surface area is 214 Å². The Morgan fingerprint density at radius 1 is 0.886 bits per heavy atom. The van der Waals surface area contributed by atoms with E-state index in [2.05, 4.69) is 4.98 Å². The van der Waals surface area contributed by atoms with Crippen molar-refractivity contribution < 1.29 is 17.9 Å². The molecule has 0 spiro atoms. The summed E-state index contributed by atoms with van der Waals surface area (Å²) < 4.78 is 34.0. The molecule has 0 saturated heterocycles.